The quantitative estimate of drug-likeness (QED) is 0.909. The summed E-state index contributed by atoms with van der Waals surface area (Å²) in [5.74, 6) is 0. The highest BCUT2D eigenvalue weighted by molar-refractivity contribution is 7.89. The van der Waals surface area contributed by atoms with Gasteiger partial charge in [-0.1, -0.05) is 32.9 Å². The molecule has 2 aromatic rings. The van der Waals surface area contributed by atoms with E-state index in [9.17, 15) is 8.42 Å². The predicted molar refractivity (Wildman–Crippen MR) is 95.5 cm³/mol. The molecule has 0 fully saturated rings. The average molecular weight is 353 g/mol. The van der Waals surface area contributed by atoms with E-state index in [0.717, 1.165) is 27.4 Å². The van der Waals surface area contributed by atoms with Crippen LogP contribution in [0.2, 0.25) is 0 Å². The molecule has 126 valence electrons. The maximum atomic E-state index is 12.7. The Bertz CT molecular complexity index is 792. The van der Waals surface area contributed by atoms with Gasteiger partial charge < -0.3 is 0 Å². The number of benzene rings is 1. The molecule has 0 aliphatic rings. The summed E-state index contributed by atoms with van der Waals surface area (Å²) in [7, 11) is -3.56. The van der Waals surface area contributed by atoms with Crippen LogP contribution in [0, 0.1) is 20.8 Å². The topological polar surface area (TPSA) is 59.1 Å². The number of nitrogens with zero attached hydrogens (tertiary/aromatic N) is 1. The Hall–Kier alpha value is -1.24. The van der Waals surface area contributed by atoms with Gasteiger partial charge in [0.25, 0.3) is 0 Å². The fraction of sp³-hybridized carbons (Fsp3) is 0.471. The van der Waals surface area contributed by atoms with E-state index in [1.807, 2.05) is 38.3 Å². The molecule has 4 nitrogen and oxygen atoms in total. The van der Waals surface area contributed by atoms with Crippen LogP contribution in [0.15, 0.2) is 22.4 Å². The number of hydrogen-bond donors (Lipinski definition) is 1. The molecule has 0 unspecified atom stereocenters. The Morgan fingerprint density at radius 1 is 1.13 bits per heavy atom. The molecule has 0 saturated heterocycles. The zero-order chi connectivity index (χ0) is 17.4. The highest BCUT2D eigenvalue weighted by Gasteiger charge is 2.23. The monoisotopic (exact) mass is 352 g/mol. The van der Waals surface area contributed by atoms with Gasteiger partial charge in [0.15, 0.2) is 0 Å². The number of thiazole rings is 1. The zero-order valence-electron chi connectivity index (χ0n) is 14.5. The van der Waals surface area contributed by atoms with Crippen LogP contribution in [0.1, 0.15) is 48.2 Å². The highest BCUT2D eigenvalue weighted by atomic mass is 32.2. The van der Waals surface area contributed by atoms with E-state index < -0.39 is 10.0 Å². The third-order valence-electron chi connectivity index (χ3n) is 3.70. The van der Waals surface area contributed by atoms with Crippen molar-refractivity contribution in [2.45, 2.75) is 58.4 Å². The summed E-state index contributed by atoms with van der Waals surface area (Å²) in [5, 5.41) is 2.81. The van der Waals surface area contributed by atoms with E-state index in [1.165, 1.54) is 11.3 Å². The molecule has 0 saturated carbocycles. The second kappa shape index (κ2) is 6.34. The summed E-state index contributed by atoms with van der Waals surface area (Å²) in [6.45, 7) is 12.2. The van der Waals surface area contributed by atoms with Gasteiger partial charge in [-0.3, -0.25) is 0 Å². The van der Waals surface area contributed by atoms with E-state index >= 15 is 0 Å². The summed E-state index contributed by atoms with van der Waals surface area (Å²) >= 11 is 1.52. The summed E-state index contributed by atoms with van der Waals surface area (Å²) in [6.07, 6.45) is 0. The maximum absolute atomic E-state index is 12.7. The van der Waals surface area contributed by atoms with E-state index in [4.69, 9.17) is 0 Å². The molecular formula is C17H24N2O2S2. The lowest BCUT2D eigenvalue weighted by Crippen LogP contribution is -2.25. The number of sulfonamides is 1. The smallest absolute Gasteiger partial charge is 0.241 e. The fourth-order valence-electron chi connectivity index (χ4n) is 2.54. The second-order valence-electron chi connectivity index (χ2n) is 6.87. The maximum Gasteiger partial charge on any atom is 0.241 e. The van der Waals surface area contributed by atoms with Crippen molar-refractivity contribution >= 4 is 21.4 Å². The first kappa shape index (κ1) is 18.1. The first-order chi connectivity index (χ1) is 10.5. The third-order valence-corrected chi connectivity index (χ3v) is 6.23. The minimum absolute atomic E-state index is 0.0106. The van der Waals surface area contributed by atoms with Gasteiger partial charge in [-0.2, -0.15) is 0 Å². The van der Waals surface area contributed by atoms with Crippen molar-refractivity contribution < 1.29 is 8.42 Å². The molecule has 6 heteroatoms. The SMILES string of the molecule is Cc1nc(CNS(=O)(=O)c2c(C)cc(C(C)(C)C)cc2C)cs1. The lowest BCUT2D eigenvalue weighted by Gasteiger charge is -2.22. The molecule has 0 aliphatic carbocycles. The molecule has 1 aromatic carbocycles. The first-order valence-corrected chi connectivity index (χ1v) is 9.89. The lowest BCUT2D eigenvalue weighted by atomic mass is 9.85. The number of hydrogen-bond acceptors (Lipinski definition) is 4. The van der Waals surface area contributed by atoms with Crippen molar-refractivity contribution in [3.8, 4) is 0 Å². The van der Waals surface area contributed by atoms with Gasteiger partial charge >= 0.3 is 0 Å². The third kappa shape index (κ3) is 4.19. The van der Waals surface area contributed by atoms with Crippen molar-refractivity contribution in [1.82, 2.24) is 9.71 Å². The lowest BCUT2D eigenvalue weighted by molar-refractivity contribution is 0.575. The summed E-state index contributed by atoms with van der Waals surface area (Å²) in [6, 6.07) is 3.93. The first-order valence-electron chi connectivity index (χ1n) is 7.53. The van der Waals surface area contributed by atoms with Gasteiger partial charge in [-0.15, -0.1) is 11.3 Å². The summed E-state index contributed by atoms with van der Waals surface area (Å²) in [5.41, 5.74) is 3.43. The molecule has 1 heterocycles. The zero-order valence-corrected chi connectivity index (χ0v) is 16.2. The Morgan fingerprint density at radius 2 is 1.70 bits per heavy atom. The summed E-state index contributed by atoms with van der Waals surface area (Å²) < 4.78 is 28.0. The van der Waals surface area contributed by atoms with Crippen molar-refractivity contribution in [2.75, 3.05) is 0 Å². The molecule has 0 aliphatic heterocycles. The van der Waals surface area contributed by atoms with Crippen LogP contribution in [0.5, 0.6) is 0 Å². The Morgan fingerprint density at radius 3 is 2.13 bits per heavy atom. The number of aromatic nitrogens is 1. The van der Waals surface area contributed by atoms with E-state index in [1.54, 1.807) is 0 Å². The average Bonchev–Trinajstić information content (AvgIpc) is 2.80. The Balaban J connectivity index is 2.32. The molecule has 2 rings (SSSR count). The van der Waals surface area contributed by atoms with Crippen LogP contribution in [0.3, 0.4) is 0 Å². The van der Waals surface area contributed by atoms with Gasteiger partial charge in [0.2, 0.25) is 10.0 Å². The van der Waals surface area contributed by atoms with Crippen molar-refractivity contribution in [1.29, 1.82) is 0 Å². The molecule has 23 heavy (non-hydrogen) atoms. The van der Waals surface area contributed by atoms with Crippen LogP contribution in [-0.4, -0.2) is 13.4 Å². The number of nitrogens with one attached hydrogen (secondary N) is 1. The molecule has 0 bridgehead atoms. The van der Waals surface area contributed by atoms with Crippen molar-refractivity contribution in [3.63, 3.8) is 0 Å². The number of rotatable bonds is 4. The standard InChI is InChI=1S/C17H24N2O2S2/c1-11-7-14(17(4,5)6)8-12(2)16(11)23(20,21)18-9-15-10-22-13(3)19-15/h7-8,10,18H,9H2,1-6H3. The molecule has 0 amide bonds. The normalized spacial score (nSPS) is 12.6. The van der Waals surface area contributed by atoms with Gasteiger partial charge in [-0.05, 0) is 42.9 Å². The Labute approximate surface area is 143 Å². The number of aryl methyl sites for hydroxylation is 3. The predicted octanol–water partition coefficient (Wildman–Crippen LogP) is 3.84. The largest absolute Gasteiger partial charge is 0.245 e. The van der Waals surface area contributed by atoms with E-state index in [-0.39, 0.29) is 12.0 Å². The van der Waals surface area contributed by atoms with Crippen LogP contribution < -0.4 is 4.72 Å². The molecule has 0 radical (unpaired) electrons. The van der Waals surface area contributed by atoms with Gasteiger partial charge in [0.05, 0.1) is 22.1 Å². The minimum Gasteiger partial charge on any atom is -0.245 e. The molecule has 1 N–H and O–H groups in total. The second-order valence-corrected chi connectivity index (χ2v) is 9.64. The summed E-state index contributed by atoms with van der Waals surface area (Å²) in [4.78, 5) is 4.66. The van der Waals surface area contributed by atoms with E-state index in [2.05, 4.69) is 30.5 Å². The van der Waals surface area contributed by atoms with Gasteiger partial charge in [0.1, 0.15) is 0 Å². The molecule has 0 spiro atoms. The molecular weight excluding hydrogens is 328 g/mol. The van der Waals surface area contributed by atoms with Crippen LogP contribution in [-0.2, 0) is 22.0 Å². The van der Waals surface area contributed by atoms with Crippen LogP contribution >= 0.6 is 11.3 Å². The van der Waals surface area contributed by atoms with Crippen LogP contribution in [0.4, 0.5) is 0 Å². The fourth-order valence-corrected chi connectivity index (χ4v) is 4.60. The van der Waals surface area contributed by atoms with Crippen LogP contribution in [0.25, 0.3) is 0 Å². The highest BCUT2D eigenvalue weighted by Crippen LogP contribution is 2.29. The van der Waals surface area contributed by atoms with Crippen molar-refractivity contribution in [2.24, 2.45) is 0 Å². The van der Waals surface area contributed by atoms with Gasteiger partial charge in [0, 0.05) is 5.38 Å². The minimum atomic E-state index is -3.56. The molecule has 0 atom stereocenters. The van der Waals surface area contributed by atoms with Gasteiger partial charge in [-0.25, -0.2) is 18.1 Å². The van der Waals surface area contributed by atoms with Crippen molar-refractivity contribution in [3.05, 3.63) is 44.9 Å². The Kier molecular flexibility index (Phi) is 4.99. The molecule has 1 aromatic heterocycles. The van der Waals surface area contributed by atoms with E-state index in [0.29, 0.717) is 4.90 Å².